The van der Waals surface area contributed by atoms with Gasteiger partial charge in [0.05, 0.1) is 0 Å². The van der Waals surface area contributed by atoms with Crippen molar-refractivity contribution in [1.29, 1.82) is 0 Å². The van der Waals surface area contributed by atoms with Crippen LogP contribution in [-0.2, 0) is 0 Å². The van der Waals surface area contributed by atoms with Gasteiger partial charge in [-0.2, -0.15) is 0 Å². The second-order valence-electron chi connectivity index (χ2n) is 6.22. The van der Waals surface area contributed by atoms with Gasteiger partial charge in [-0.3, -0.25) is 9.69 Å². The Hall–Kier alpha value is -1.79. The van der Waals surface area contributed by atoms with E-state index in [1.165, 1.54) is 0 Å². The molecule has 0 aromatic heterocycles. The first-order valence-electron chi connectivity index (χ1n) is 8.28. The summed E-state index contributed by atoms with van der Waals surface area (Å²) in [4.78, 5) is 27.9. The molecule has 0 saturated carbocycles. The number of carbonyl (C=O) groups is 2. The van der Waals surface area contributed by atoms with Crippen LogP contribution in [-0.4, -0.2) is 56.6 Å². The maximum atomic E-state index is 12.6. The smallest absolute Gasteiger partial charge is 0.321 e. The van der Waals surface area contributed by atoms with Crippen molar-refractivity contribution < 1.29 is 9.59 Å². The number of anilines is 1. The van der Waals surface area contributed by atoms with Crippen LogP contribution in [0.15, 0.2) is 24.3 Å². The van der Waals surface area contributed by atoms with Crippen molar-refractivity contribution in [1.82, 2.24) is 15.5 Å². The van der Waals surface area contributed by atoms with Crippen LogP contribution in [0.1, 0.15) is 23.2 Å². The highest BCUT2D eigenvalue weighted by atomic mass is 35.5. The van der Waals surface area contributed by atoms with Gasteiger partial charge in [0.25, 0.3) is 5.91 Å². The quantitative estimate of drug-likeness (QED) is 0.867. The molecule has 0 radical (unpaired) electrons. The Kier molecular flexibility index (Phi) is 6.45. The number of nitrogens with one attached hydrogen (secondary N) is 2. The lowest BCUT2D eigenvalue weighted by Crippen LogP contribution is -2.40. The molecular weight excluding hydrogens is 328 g/mol. The molecule has 3 rings (SSSR count). The van der Waals surface area contributed by atoms with Gasteiger partial charge in [-0.15, -0.1) is 12.4 Å². The number of hydrogen-bond acceptors (Lipinski definition) is 3. The minimum Gasteiger partial charge on any atom is -0.339 e. The van der Waals surface area contributed by atoms with Gasteiger partial charge >= 0.3 is 6.03 Å². The van der Waals surface area contributed by atoms with Crippen LogP contribution in [0.2, 0.25) is 0 Å². The Balaban J connectivity index is 0.00000208. The summed E-state index contributed by atoms with van der Waals surface area (Å²) in [5.74, 6) is 0.755. The Morgan fingerprint density at radius 2 is 1.88 bits per heavy atom. The average molecular weight is 353 g/mol. The minimum absolute atomic E-state index is 0. The number of carbonyl (C=O) groups excluding carboxylic acids is 2. The second kappa shape index (κ2) is 8.35. The summed E-state index contributed by atoms with van der Waals surface area (Å²) in [6.07, 6.45) is 2.11. The molecule has 2 aliphatic heterocycles. The van der Waals surface area contributed by atoms with E-state index in [9.17, 15) is 9.59 Å². The molecule has 24 heavy (non-hydrogen) atoms. The van der Waals surface area contributed by atoms with Crippen molar-refractivity contribution in [3.63, 3.8) is 0 Å². The molecule has 0 atom stereocenters. The summed E-state index contributed by atoms with van der Waals surface area (Å²) in [6.45, 7) is 4.00. The highest BCUT2D eigenvalue weighted by molar-refractivity contribution is 5.97. The second-order valence-corrected chi connectivity index (χ2v) is 6.22. The van der Waals surface area contributed by atoms with Gasteiger partial charge in [-0.05, 0) is 56.6 Å². The number of rotatable bonds is 4. The fourth-order valence-corrected chi connectivity index (χ4v) is 3.31. The molecule has 7 heteroatoms. The van der Waals surface area contributed by atoms with E-state index in [2.05, 4.69) is 10.6 Å². The molecule has 0 aliphatic carbocycles. The number of urea groups is 1. The zero-order valence-corrected chi connectivity index (χ0v) is 14.8. The van der Waals surface area contributed by atoms with Crippen LogP contribution in [0.5, 0.6) is 0 Å². The van der Waals surface area contributed by atoms with Gasteiger partial charge in [0.2, 0.25) is 0 Å². The zero-order valence-electron chi connectivity index (χ0n) is 14.0. The number of benzene rings is 1. The van der Waals surface area contributed by atoms with Crippen molar-refractivity contribution in [3.8, 4) is 0 Å². The summed E-state index contributed by atoms with van der Waals surface area (Å²) >= 11 is 0. The van der Waals surface area contributed by atoms with Gasteiger partial charge in [0.15, 0.2) is 0 Å². The Bertz CT molecular complexity index is 570. The molecule has 0 unspecified atom stereocenters. The third-order valence-electron chi connectivity index (χ3n) is 4.68. The molecular formula is C17H25ClN4O2. The molecule has 132 valence electrons. The van der Waals surface area contributed by atoms with Gasteiger partial charge in [-0.25, -0.2) is 4.79 Å². The fraction of sp³-hybridized carbons (Fsp3) is 0.529. The molecule has 1 aromatic rings. The van der Waals surface area contributed by atoms with Crippen LogP contribution in [0, 0.1) is 5.92 Å². The topological polar surface area (TPSA) is 64.7 Å². The van der Waals surface area contributed by atoms with E-state index in [0.717, 1.165) is 38.2 Å². The zero-order chi connectivity index (χ0) is 16.2. The lowest BCUT2D eigenvalue weighted by molar-refractivity contribution is 0.0691. The van der Waals surface area contributed by atoms with Crippen LogP contribution < -0.4 is 15.5 Å². The molecule has 6 nitrogen and oxygen atoms in total. The largest absolute Gasteiger partial charge is 0.339 e. The number of piperidine rings is 1. The minimum atomic E-state index is -0.0734. The van der Waals surface area contributed by atoms with E-state index < -0.39 is 0 Å². The first-order valence-corrected chi connectivity index (χ1v) is 8.28. The SMILES string of the molecule is CNCC1CCN(C(=O)c2ccc(N3CCNC3=O)cc2)CC1.Cl. The lowest BCUT2D eigenvalue weighted by Gasteiger charge is -2.32. The highest BCUT2D eigenvalue weighted by Crippen LogP contribution is 2.21. The first-order chi connectivity index (χ1) is 11.2. The van der Waals surface area contributed by atoms with E-state index in [1.807, 2.05) is 36.2 Å². The predicted octanol–water partition coefficient (Wildman–Crippen LogP) is 1.71. The number of halogens is 1. The number of likely N-dealkylation sites (tertiary alicyclic amines) is 1. The van der Waals surface area contributed by atoms with Gasteiger partial charge < -0.3 is 15.5 Å². The molecule has 2 heterocycles. The van der Waals surface area contributed by atoms with E-state index >= 15 is 0 Å². The Morgan fingerprint density at radius 1 is 1.21 bits per heavy atom. The van der Waals surface area contributed by atoms with Crippen molar-refractivity contribution >= 4 is 30.0 Å². The van der Waals surface area contributed by atoms with Crippen LogP contribution in [0.4, 0.5) is 10.5 Å². The van der Waals surface area contributed by atoms with Crippen LogP contribution in [0.25, 0.3) is 0 Å². The van der Waals surface area contributed by atoms with Crippen molar-refractivity contribution in [2.24, 2.45) is 5.92 Å². The third kappa shape index (κ3) is 3.99. The molecule has 3 amide bonds. The molecule has 2 N–H and O–H groups in total. The summed E-state index contributed by atoms with van der Waals surface area (Å²) in [7, 11) is 1.97. The Morgan fingerprint density at radius 3 is 2.42 bits per heavy atom. The first kappa shape index (κ1) is 18.5. The standard InChI is InChI=1S/C17H24N4O2.ClH/c1-18-12-13-6-9-20(10-7-13)16(22)14-2-4-15(5-3-14)21-11-8-19-17(21)23;/h2-5,13,18H,6-12H2,1H3,(H,19,23);1H. The monoisotopic (exact) mass is 352 g/mol. The van der Waals surface area contributed by atoms with E-state index in [4.69, 9.17) is 0 Å². The molecule has 1 aromatic carbocycles. The average Bonchev–Trinajstić information content (AvgIpc) is 3.01. The van der Waals surface area contributed by atoms with E-state index in [-0.39, 0.29) is 24.3 Å². The summed E-state index contributed by atoms with van der Waals surface area (Å²) < 4.78 is 0. The third-order valence-corrected chi connectivity index (χ3v) is 4.68. The van der Waals surface area contributed by atoms with Gasteiger partial charge in [0, 0.05) is 37.4 Å². The van der Waals surface area contributed by atoms with Gasteiger partial charge in [0.1, 0.15) is 0 Å². The number of nitrogens with zero attached hydrogens (tertiary/aromatic N) is 2. The van der Waals surface area contributed by atoms with E-state index in [0.29, 0.717) is 24.6 Å². The van der Waals surface area contributed by atoms with Crippen LogP contribution >= 0.6 is 12.4 Å². The summed E-state index contributed by atoms with van der Waals surface area (Å²) in [6, 6.07) is 7.28. The van der Waals surface area contributed by atoms with Gasteiger partial charge in [-0.1, -0.05) is 0 Å². The number of amides is 3. The normalized spacial score (nSPS) is 18.3. The molecule has 2 aliphatic rings. The van der Waals surface area contributed by atoms with Crippen molar-refractivity contribution in [2.75, 3.05) is 44.7 Å². The number of hydrogen-bond donors (Lipinski definition) is 2. The molecule has 0 bridgehead atoms. The van der Waals surface area contributed by atoms with Crippen molar-refractivity contribution in [2.45, 2.75) is 12.8 Å². The fourth-order valence-electron chi connectivity index (χ4n) is 3.31. The lowest BCUT2D eigenvalue weighted by atomic mass is 9.96. The molecule has 2 saturated heterocycles. The highest BCUT2D eigenvalue weighted by Gasteiger charge is 2.24. The maximum absolute atomic E-state index is 12.6. The molecule has 2 fully saturated rings. The van der Waals surface area contributed by atoms with Crippen molar-refractivity contribution in [3.05, 3.63) is 29.8 Å². The predicted molar refractivity (Wildman–Crippen MR) is 97.0 cm³/mol. The summed E-state index contributed by atoms with van der Waals surface area (Å²) in [5, 5.41) is 5.99. The summed E-state index contributed by atoms with van der Waals surface area (Å²) in [5.41, 5.74) is 1.53. The van der Waals surface area contributed by atoms with E-state index in [1.54, 1.807) is 4.90 Å². The Labute approximate surface area is 149 Å². The van der Waals surface area contributed by atoms with Crippen LogP contribution in [0.3, 0.4) is 0 Å². The maximum Gasteiger partial charge on any atom is 0.321 e. The molecule has 0 spiro atoms.